The monoisotopic (exact) mass is 428 g/mol. The predicted octanol–water partition coefficient (Wildman–Crippen LogP) is 3.52. The quantitative estimate of drug-likeness (QED) is 0.566. The van der Waals surface area contributed by atoms with E-state index in [2.05, 4.69) is 20.0 Å². The van der Waals surface area contributed by atoms with Crippen molar-refractivity contribution >= 4 is 21.7 Å². The van der Waals surface area contributed by atoms with Crippen molar-refractivity contribution in [2.75, 3.05) is 24.3 Å². The molecule has 30 heavy (non-hydrogen) atoms. The molecule has 1 aromatic heterocycles. The van der Waals surface area contributed by atoms with Crippen LogP contribution in [0, 0.1) is 13.8 Å². The number of nitrogens with zero attached hydrogens (tertiary/aromatic N) is 2. The number of hydrogen-bond acceptors (Lipinski definition) is 7. The average Bonchev–Trinajstić information content (AvgIpc) is 2.71. The highest BCUT2D eigenvalue weighted by Crippen LogP contribution is 2.23. The Balaban J connectivity index is 1.70. The maximum absolute atomic E-state index is 12.6. The molecule has 0 amide bonds. The number of methoxy groups -OCH3 is 2. The first-order valence-electron chi connectivity index (χ1n) is 9.20. The van der Waals surface area contributed by atoms with Gasteiger partial charge in [-0.2, -0.15) is 0 Å². The molecule has 0 atom stereocenters. The first-order chi connectivity index (χ1) is 14.3. The van der Waals surface area contributed by atoms with Gasteiger partial charge < -0.3 is 14.8 Å². The smallest absolute Gasteiger partial charge is 0.264 e. The van der Waals surface area contributed by atoms with Gasteiger partial charge in [0.25, 0.3) is 10.0 Å². The van der Waals surface area contributed by atoms with Gasteiger partial charge in [0.15, 0.2) is 0 Å². The molecule has 0 aliphatic carbocycles. The fraction of sp³-hybridized carbons (Fsp3) is 0.238. The highest BCUT2D eigenvalue weighted by molar-refractivity contribution is 7.92. The van der Waals surface area contributed by atoms with Crippen LogP contribution in [0.15, 0.2) is 53.4 Å². The molecule has 0 radical (unpaired) electrons. The molecule has 0 fully saturated rings. The summed E-state index contributed by atoms with van der Waals surface area (Å²) < 4.78 is 38.2. The van der Waals surface area contributed by atoms with Crippen molar-refractivity contribution < 1.29 is 17.9 Å². The number of sulfonamides is 1. The number of rotatable bonds is 8. The van der Waals surface area contributed by atoms with E-state index in [1.54, 1.807) is 52.3 Å². The van der Waals surface area contributed by atoms with Gasteiger partial charge in [-0.3, -0.25) is 0 Å². The van der Waals surface area contributed by atoms with Crippen LogP contribution in [-0.4, -0.2) is 32.6 Å². The Kier molecular flexibility index (Phi) is 6.41. The molecule has 0 unspecified atom stereocenters. The number of ether oxygens (including phenoxy) is 2. The van der Waals surface area contributed by atoms with Crippen LogP contribution in [-0.2, 0) is 16.6 Å². The maximum atomic E-state index is 12.6. The molecule has 0 aliphatic rings. The Bertz CT molecular complexity index is 1090. The largest absolute Gasteiger partial charge is 0.497 e. The van der Waals surface area contributed by atoms with Gasteiger partial charge in [-0.15, -0.1) is 0 Å². The SMILES string of the molecule is COc1cc(CNc2ccc(S(=O)(=O)Nc3nc(C)cc(C)n3)cc2)cc(OC)c1. The molecule has 1 heterocycles. The molecule has 2 N–H and O–H groups in total. The molecule has 0 saturated carbocycles. The van der Waals surface area contributed by atoms with E-state index in [1.807, 2.05) is 12.1 Å². The normalized spacial score (nSPS) is 11.1. The number of aryl methyl sites for hydroxylation is 2. The molecule has 8 nitrogen and oxygen atoms in total. The third-order valence-electron chi connectivity index (χ3n) is 4.28. The highest BCUT2D eigenvalue weighted by Gasteiger charge is 2.16. The fourth-order valence-electron chi connectivity index (χ4n) is 2.88. The first-order valence-corrected chi connectivity index (χ1v) is 10.7. The number of benzene rings is 2. The third-order valence-corrected chi connectivity index (χ3v) is 5.62. The lowest BCUT2D eigenvalue weighted by atomic mass is 10.2. The van der Waals surface area contributed by atoms with Crippen molar-refractivity contribution in [3.8, 4) is 11.5 Å². The summed E-state index contributed by atoms with van der Waals surface area (Å²) in [6, 6.07) is 13.8. The van der Waals surface area contributed by atoms with Gasteiger partial charge in [-0.05, 0) is 61.9 Å². The van der Waals surface area contributed by atoms with E-state index in [9.17, 15) is 8.42 Å². The average molecular weight is 429 g/mol. The van der Waals surface area contributed by atoms with Crippen LogP contribution < -0.4 is 19.5 Å². The molecular weight excluding hydrogens is 404 g/mol. The number of hydrogen-bond donors (Lipinski definition) is 2. The minimum absolute atomic E-state index is 0.0571. The minimum Gasteiger partial charge on any atom is -0.497 e. The second kappa shape index (κ2) is 9.00. The van der Waals surface area contributed by atoms with E-state index in [1.165, 1.54) is 12.1 Å². The van der Waals surface area contributed by atoms with Crippen molar-refractivity contribution in [3.63, 3.8) is 0 Å². The van der Waals surface area contributed by atoms with Gasteiger partial charge in [-0.25, -0.2) is 23.1 Å². The highest BCUT2D eigenvalue weighted by atomic mass is 32.2. The summed E-state index contributed by atoms with van der Waals surface area (Å²) in [5, 5.41) is 3.26. The molecule has 158 valence electrons. The van der Waals surface area contributed by atoms with Crippen LogP contribution in [0.25, 0.3) is 0 Å². The fourth-order valence-corrected chi connectivity index (χ4v) is 3.82. The second-order valence-corrected chi connectivity index (χ2v) is 8.36. The maximum Gasteiger partial charge on any atom is 0.264 e. The molecule has 9 heteroatoms. The van der Waals surface area contributed by atoms with E-state index >= 15 is 0 Å². The van der Waals surface area contributed by atoms with Gasteiger partial charge in [0, 0.05) is 29.7 Å². The number of anilines is 2. The Labute approximate surface area is 176 Å². The molecule has 0 saturated heterocycles. The molecule has 2 aromatic carbocycles. The minimum atomic E-state index is -3.78. The zero-order valence-corrected chi connectivity index (χ0v) is 18.1. The Morgan fingerprint density at radius 2 is 1.43 bits per heavy atom. The second-order valence-electron chi connectivity index (χ2n) is 6.68. The summed E-state index contributed by atoms with van der Waals surface area (Å²) in [7, 11) is -0.586. The lowest BCUT2D eigenvalue weighted by molar-refractivity contribution is 0.393. The zero-order valence-electron chi connectivity index (χ0n) is 17.3. The van der Waals surface area contributed by atoms with Gasteiger partial charge >= 0.3 is 0 Å². The molecule has 3 rings (SSSR count). The molecule has 0 aliphatic heterocycles. The van der Waals surface area contributed by atoms with E-state index in [-0.39, 0.29) is 10.8 Å². The molecule has 0 spiro atoms. The first kappa shape index (κ1) is 21.4. The topological polar surface area (TPSA) is 102 Å². The summed E-state index contributed by atoms with van der Waals surface area (Å²) in [6.07, 6.45) is 0. The molecule has 3 aromatic rings. The van der Waals surface area contributed by atoms with Gasteiger partial charge in [0.1, 0.15) is 11.5 Å². The van der Waals surface area contributed by atoms with Crippen LogP contribution in [0.3, 0.4) is 0 Å². The predicted molar refractivity (Wildman–Crippen MR) is 116 cm³/mol. The lowest BCUT2D eigenvalue weighted by Gasteiger charge is -2.11. The summed E-state index contributed by atoms with van der Waals surface area (Å²) in [6.45, 7) is 4.09. The van der Waals surface area contributed by atoms with E-state index in [0.29, 0.717) is 29.4 Å². The van der Waals surface area contributed by atoms with Crippen molar-refractivity contribution in [1.82, 2.24) is 9.97 Å². The summed E-state index contributed by atoms with van der Waals surface area (Å²) in [5.41, 5.74) is 3.12. The van der Waals surface area contributed by atoms with Crippen molar-refractivity contribution in [3.05, 3.63) is 65.5 Å². The summed E-state index contributed by atoms with van der Waals surface area (Å²) in [4.78, 5) is 8.36. The molecular formula is C21H24N4O4S. The summed E-state index contributed by atoms with van der Waals surface area (Å²) >= 11 is 0. The van der Waals surface area contributed by atoms with Gasteiger partial charge in [0.05, 0.1) is 19.1 Å². The van der Waals surface area contributed by atoms with E-state index < -0.39 is 10.0 Å². The standard InChI is InChI=1S/C21H24N4O4S/c1-14-9-15(2)24-21(23-14)25-30(26,27)20-7-5-17(6-8-20)22-13-16-10-18(28-3)12-19(11-16)29-4/h5-12,22H,13H2,1-4H3,(H,23,24,25). The number of aromatic nitrogens is 2. The van der Waals surface area contributed by atoms with E-state index in [0.717, 1.165) is 11.3 Å². The van der Waals surface area contributed by atoms with Crippen molar-refractivity contribution in [1.29, 1.82) is 0 Å². The lowest BCUT2D eigenvalue weighted by Crippen LogP contribution is -2.15. The molecule has 0 bridgehead atoms. The van der Waals surface area contributed by atoms with Crippen LogP contribution in [0.2, 0.25) is 0 Å². The van der Waals surface area contributed by atoms with Crippen molar-refractivity contribution in [2.45, 2.75) is 25.3 Å². The summed E-state index contributed by atoms with van der Waals surface area (Å²) in [5.74, 6) is 1.46. The van der Waals surface area contributed by atoms with Gasteiger partial charge in [-0.1, -0.05) is 0 Å². The van der Waals surface area contributed by atoms with Crippen LogP contribution in [0.1, 0.15) is 17.0 Å². The third kappa shape index (κ3) is 5.38. The van der Waals surface area contributed by atoms with Crippen molar-refractivity contribution in [2.24, 2.45) is 0 Å². The van der Waals surface area contributed by atoms with Gasteiger partial charge in [0.2, 0.25) is 5.95 Å². The van der Waals surface area contributed by atoms with E-state index in [4.69, 9.17) is 9.47 Å². The Hall–Kier alpha value is -3.33. The number of nitrogens with one attached hydrogen (secondary N) is 2. The Morgan fingerprint density at radius 3 is 1.97 bits per heavy atom. The Morgan fingerprint density at radius 1 is 0.867 bits per heavy atom. The van der Waals surface area contributed by atoms with Crippen LogP contribution >= 0.6 is 0 Å². The van der Waals surface area contributed by atoms with Crippen LogP contribution in [0.4, 0.5) is 11.6 Å². The van der Waals surface area contributed by atoms with Crippen LogP contribution in [0.5, 0.6) is 11.5 Å². The zero-order chi connectivity index (χ0) is 21.7.